The highest BCUT2D eigenvalue weighted by Gasteiger charge is 2.42. The summed E-state index contributed by atoms with van der Waals surface area (Å²) in [4.78, 5) is 32.5. The molecule has 2 aromatic carbocycles. The van der Waals surface area contributed by atoms with Gasteiger partial charge in [-0.15, -0.1) is 0 Å². The van der Waals surface area contributed by atoms with Crippen molar-refractivity contribution in [2.24, 2.45) is 0 Å². The summed E-state index contributed by atoms with van der Waals surface area (Å²) < 4.78 is 13.3. The standard InChI is InChI=1S/C25H28FN3O3/c1-17-3-8-21(18(2)15-17)22-23(28-11-9-27(10-12-28)13-14-30)25(32)29(24(22)31)16-19-4-6-20(26)7-5-19/h3-8,15,30H,9-14,16H2,1-2H3. The minimum Gasteiger partial charge on any atom is -0.395 e. The molecule has 6 nitrogen and oxygen atoms in total. The van der Waals surface area contributed by atoms with Gasteiger partial charge in [-0.2, -0.15) is 0 Å². The van der Waals surface area contributed by atoms with Crippen LogP contribution in [0.4, 0.5) is 4.39 Å². The van der Waals surface area contributed by atoms with Gasteiger partial charge in [-0.1, -0.05) is 35.9 Å². The Morgan fingerprint density at radius 1 is 0.938 bits per heavy atom. The molecule has 0 saturated carbocycles. The molecule has 0 aliphatic carbocycles. The topological polar surface area (TPSA) is 64.1 Å². The molecule has 0 atom stereocenters. The summed E-state index contributed by atoms with van der Waals surface area (Å²) in [6.07, 6.45) is 0. The molecular weight excluding hydrogens is 409 g/mol. The van der Waals surface area contributed by atoms with Crippen LogP contribution in [0.25, 0.3) is 5.57 Å². The molecule has 1 fully saturated rings. The summed E-state index contributed by atoms with van der Waals surface area (Å²) in [5.74, 6) is -0.993. The maximum atomic E-state index is 13.5. The van der Waals surface area contributed by atoms with E-state index in [9.17, 15) is 19.1 Å². The number of aryl methyl sites for hydroxylation is 2. The zero-order chi connectivity index (χ0) is 22.8. The largest absolute Gasteiger partial charge is 0.395 e. The Morgan fingerprint density at radius 3 is 2.25 bits per heavy atom. The number of β-amino-alcohol motifs (C(OH)–C–C–N with tert-alkyl or cyclic N) is 1. The third-order valence-electron chi connectivity index (χ3n) is 6.15. The molecule has 2 heterocycles. The Morgan fingerprint density at radius 2 is 1.62 bits per heavy atom. The van der Waals surface area contributed by atoms with Crippen molar-refractivity contribution in [3.8, 4) is 0 Å². The Labute approximate surface area is 187 Å². The van der Waals surface area contributed by atoms with Crippen LogP contribution in [0.3, 0.4) is 0 Å². The molecule has 0 aromatic heterocycles. The molecule has 0 spiro atoms. The second-order valence-corrected chi connectivity index (χ2v) is 8.42. The van der Waals surface area contributed by atoms with Crippen LogP contribution in [0.5, 0.6) is 0 Å². The number of hydrogen-bond acceptors (Lipinski definition) is 5. The van der Waals surface area contributed by atoms with E-state index >= 15 is 0 Å². The third-order valence-corrected chi connectivity index (χ3v) is 6.15. The lowest BCUT2D eigenvalue weighted by molar-refractivity contribution is -0.138. The van der Waals surface area contributed by atoms with E-state index in [1.807, 2.05) is 36.9 Å². The number of benzene rings is 2. The predicted molar refractivity (Wildman–Crippen MR) is 120 cm³/mol. The zero-order valence-corrected chi connectivity index (χ0v) is 18.5. The first kappa shape index (κ1) is 22.2. The average Bonchev–Trinajstić information content (AvgIpc) is 3.01. The number of nitrogens with zero attached hydrogens (tertiary/aromatic N) is 3. The quantitative estimate of drug-likeness (QED) is 0.703. The van der Waals surface area contributed by atoms with Crippen LogP contribution in [-0.2, 0) is 16.1 Å². The van der Waals surface area contributed by atoms with Crippen LogP contribution >= 0.6 is 0 Å². The third kappa shape index (κ3) is 4.31. The molecule has 2 aromatic rings. The number of piperazine rings is 1. The Kier molecular flexibility index (Phi) is 6.39. The molecule has 1 N–H and O–H groups in total. The molecule has 0 radical (unpaired) electrons. The van der Waals surface area contributed by atoms with E-state index in [0.717, 1.165) is 16.7 Å². The predicted octanol–water partition coefficient (Wildman–Crippen LogP) is 2.33. The fourth-order valence-corrected chi connectivity index (χ4v) is 4.45. The highest BCUT2D eigenvalue weighted by Crippen LogP contribution is 2.34. The maximum absolute atomic E-state index is 13.5. The highest BCUT2D eigenvalue weighted by molar-refractivity contribution is 6.35. The van der Waals surface area contributed by atoms with E-state index in [1.54, 1.807) is 12.1 Å². The van der Waals surface area contributed by atoms with Gasteiger partial charge < -0.3 is 10.0 Å². The molecule has 4 rings (SSSR count). The summed E-state index contributed by atoms with van der Waals surface area (Å²) in [6, 6.07) is 11.7. The number of imide groups is 1. The summed E-state index contributed by atoms with van der Waals surface area (Å²) in [5, 5.41) is 9.21. The number of aliphatic hydroxyl groups is 1. The fourth-order valence-electron chi connectivity index (χ4n) is 4.45. The molecule has 0 unspecified atom stereocenters. The van der Waals surface area contributed by atoms with Crippen LogP contribution in [-0.4, -0.2) is 71.0 Å². The Balaban J connectivity index is 1.70. The molecule has 2 aliphatic heterocycles. The number of rotatable bonds is 6. The van der Waals surface area contributed by atoms with Gasteiger partial charge in [-0.3, -0.25) is 19.4 Å². The second kappa shape index (κ2) is 9.22. The zero-order valence-electron chi connectivity index (χ0n) is 18.5. The van der Waals surface area contributed by atoms with Gasteiger partial charge in [0.05, 0.1) is 18.7 Å². The lowest BCUT2D eigenvalue weighted by atomic mass is 9.97. The number of carbonyl (C=O) groups is 2. The van der Waals surface area contributed by atoms with E-state index in [1.165, 1.54) is 17.0 Å². The van der Waals surface area contributed by atoms with Crippen LogP contribution < -0.4 is 0 Å². The molecule has 2 amide bonds. The summed E-state index contributed by atoms with van der Waals surface area (Å²) in [7, 11) is 0. The van der Waals surface area contributed by atoms with Gasteiger partial charge in [-0.25, -0.2) is 4.39 Å². The van der Waals surface area contributed by atoms with Crippen LogP contribution in [0.1, 0.15) is 22.3 Å². The van der Waals surface area contributed by atoms with E-state index in [0.29, 0.717) is 49.6 Å². The van der Waals surface area contributed by atoms with Crippen molar-refractivity contribution in [2.45, 2.75) is 20.4 Å². The van der Waals surface area contributed by atoms with Gasteiger partial charge in [0.25, 0.3) is 11.8 Å². The molecule has 1 saturated heterocycles. The molecule has 0 bridgehead atoms. The van der Waals surface area contributed by atoms with Gasteiger partial charge in [0.15, 0.2) is 0 Å². The smallest absolute Gasteiger partial charge is 0.278 e. The number of hydrogen-bond donors (Lipinski definition) is 1. The minimum atomic E-state index is -0.358. The summed E-state index contributed by atoms with van der Waals surface area (Å²) in [5.41, 5.74) is 4.37. The first-order valence-corrected chi connectivity index (χ1v) is 10.9. The van der Waals surface area contributed by atoms with Crippen LogP contribution in [0.15, 0.2) is 48.2 Å². The van der Waals surface area contributed by atoms with Crippen molar-refractivity contribution in [3.63, 3.8) is 0 Å². The molecular formula is C25H28FN3O3. The van der Waals surface area contributed by atoms with Crippen molar-refractivity contribution in [1.29, 1.82) is 0 Å². The van der Waals surface area contributed by atoms with Gasteiger partial charge >= 0.3 is 0 Å². The normalized spacial score (nSPS) is 17.6. The Bertz CT molecular complexity index is 1060. The van der Waals surface area contributed by atoms with E-state index in [2.05, 4.69) is 4.90 Å². The monoisotopic (exact) mass is 437 g/mol. The van der Waals surface area contributed by atoms with E-state index in [-0.39, 0.29) is 30.8 Å². The lowest BCUT2D eigenvalue weighted by Crippen LogP contribution is -2.48. The first-order valence-electron chi connectivity index (χ1n) is 10.9. The average molecular weight is 438 g/mol. The van der Waals surface area contributed by atoms with Crippen molar-refractivity contribution in [3.05, 3.63) is 76.2 Å². The molecule has 7 heteroatoms. The lowest BCUT2D eigenvalue weighted by Gasteiger charge is -2.36. The SMILES string of the molecule is Cc1ccc(C2=C(N3CCN(CCO)CC3)C(=O)N(Cc3ccc(F)cc3)C2=O)c(C)c1. The summed E-state index contributed by atoms with van der Waals surface area (Å²) >= 11 is 0. The molecule has 32 heavy (non-hydrogen) atoms. The van der Waals surface area contributed by atoms with Crippen molar-refractivity contribution < 1.29 is 19.1 Å². The summed E-state index contributed by atoms with van der Waals surface area (Å²) in [6.45, 7) is 7.37. The second-order valence-electron chi connectivity index (χ2n) is 8.42. The first-order chi connectivity index (χ1) is 15.4. The van der Waals surface area contributed by atoms with Crippen molar-refractivity contribution in [2.75, 3.05) is 39.3 Å². The maximum Gasteiger partial charge on any atom is 0.278 e. The minimum absolute atomic E-state index is 0.0966. The van der Waals surface area contributed by atoms with Crippen LogP contribution in [0, 0.1) is 19.7 Å². The number of aliphatic hydroxyl groups excluding tert-OH is 1. The molecule has 168 valence electrons. The fraction of sp³-hybridized carbons (Fsp3) is 0.360. The number of halogens is 1. The Hall–Kier alpha value is -3.03. The van der Waals surface area contributed by atoms with E-state index in [4.69, 9.17) is 0 Å². The van der Waals surface area contributed by atoms with Crippen molar-refractivity contribution in [1.82, 2.24) is 14.7 Å². The van der Waals surface area contributed by atoms with Gasteiger partial charge in [-0.05, 0) is 42.7 Å². The van der Waals surface area contributed by atoms with Gasteiger partial charge in [0, 0.05) is 32.7 Å². The van der Waals surface area contributed by atoms with Crippen molar-refractivity contribution >= 4 is 17.4 Å². The van der Waals surface area contributed by atoms with Crippen LogP contribution in [0.2, 0.25) is 0 Å². The van der Waals surface area contributed by atoms with E-state index < -0.39 is 0 Å². The van der Waals surface area contributed by atoms with Gasteiger partial charge in [0.1, 0.15) is 11.5 Å². The van der Waals surface area contributed by atoms with Gasteiger partial charge in [0.2, 0.25) is 0 Å². The molecule has 2 aliphatic rings. The number of carbonyl (C=O) groups excluding carboxylic acids is 2. The number of amides is 2. The highest BCUT2D eigenvalue weighted by atomic mass is 19.1.